The van der Waals surface area contributed by atoms with Crippen LogP contribution in [0.15, 0.2) is 18.2 Å². The van der Waals surface area contributed by atoms with Gasteiger partial charge in [0.15, 0.2) is 0 Å². The third-order valence-corrected chi connectivity index (χ3v) is 1.57. The van der Waals surface area contributed by atoms with E-state index in [2.05, 4.69) is 4.98 Å². The molecule has 0 atom stereocenters. The summed E-state index contributed by atoms with van der Waals surface area (Å²) in [5.74, 6) is 0.246. The molecule has 0 aliphatic rings. The Labute approximate surface area is 65.7 Å². The number of hydrogen-bond donors (Lipinski definition) is 0. The van der Waals surface area contributed by atoms with Crippen LogP contribution in [0.4, 0.5) is 10.2 Å². The van der Waals surface area contributed by atoms with Crippen LogP contribution in [-0.4, -0.2) is 18.6 Å². The number of pyridine rings is 1. The Morgan fingerprint density at radius 2 is 2.27 bits per heavy atom. The zero-order valence-electron chi connectivity index (χ0n) is 6.71. The van der Waals surface area contributed by atoms with Gasteiger partial charge in [0.1, 0.15) is 5.82 Å². The highest BCUT2D eigenvalue weighted by Gasteiger charge is 1.99. The van der Waals surface area contributed by atoms with Crippen LogP contribution >= 0.6 is 0 Å². The number of anilines is 1. The van der Waals surface area contributed by atoms with Gasteiger partial charge in [-0.05, 0) is 19.1 Å². The van der Waals surface area contributed by atoms with Crippen molar-refractivity contribution in [3.8, 4) is 0 Å². The highest BCUT2D eigenvalue weighted by atomic mass is 19.1. The molecule has 0 radical (unpaired) electrons. The van der Waals surface area contributed by atoms with E-state index in [1.54, 1.807) is 12.1 Å². The lowest BCUT2D eigenvalue weighted by atomic mass is 10.4. The first kappa shape index (κ1) is 7.98. The molecule has 1 aromatic rings. The minimum absolute atomic E-state index is 0.428. The lowest BCUT2D eigenvalue weighted by Gasteiger charge is -2.14. The molecule has 2 nitrogen and oxygen atoms in total. The maximum absolute atomic E-state index is 12.5. The Hall–Kier alpha value is -1.12. The summed E-state index contributed by atoms with van der Waals surface area (Å²) < 4.78 is 12.5. The van der Waals surface area contributed by atoms with Gasteiger partial charge in [-0.25, -0.2) is 4.98 Å². The first-order chi connectivity index (χ1) is 5.24. The van der Waals surface area contributed by atoms with Crippen molar-refractivity contribution in [2.24, 2.45) is 0 Å². The number of nitrogens with zero attached hydrogens (tertiary/aromatic N) is 2. The van der Waals surface area contributed by atoms with Crippen molar-refractivity contribution in [2.75, 3.05) is 18.5 Å². The van der Waals surface area contributed by atoms with Gasteiger partial charge < -0.3 is 4.90 Å². The van der Waals surface area contributed by atoms with Crippen LogP contribution in [0.25, 0.3) is 0 Å². The molecule has 0 saturated carbocycles. The summed E-state index contributed by atoms with van der Waals surface area (Å²) in [7, 11) is 1.88. The predicted octanol–water partition coefficient (Wildman–Crippen LogP) is 1.68. The van der Waals surface area contributed by atoms with Crippen LogP contribution in [0.2, 0.25) is 0 Å². The van der Waals surface area contributed by atoms with E-state index >= 15 is 0 Å². The summed E-state index contributed by atoms with van der Waals surface area (Å²) >= 11 is 0. The van der Waals surface area contributed by atoms with Crippen LogP contribution in [-0.2, 0) is 0 Å². The Bertz CT molecular complexity index is 237. The van der Waals surface area contributed by atoms with Crippen LogP contribution in [0, 0.1) is 5.95 Å². The highest BCUT2D eigenvalue weighted by molar-refractivity contribution is 5.36. The summed E-state index contributed by atoms with van der Waals surface area (Å²) in [6.07, 6.45) is 0. The molecule has 0 bridgehead atoms. The van der Waals surface area contributed by atoms with Crippen LogP contribution in [0.3, 0.4) is 0 Å². The van der Waals surface area contributed by atoms with Gasteiger partial charge in [0.05, 0.1) is 0 Å². The molecule has 0 unspecified atom stereocenters. The molecule has 3 heteroatoms. The average molecular weight is 154 g/mol. The van der Waals surface area contributed by atoms with Gasteiger partial charge in [-0.2, -0.15) is 4.39 Å². The van der Waals surface area contributed by atoms with Gasteiger partial charge in [0.25, 0.3) is 0 Å². The number of hydrogen-bond acceptors (Lipinski definition) is 2. The molecule has 0 fully saturated rings. The van der Waals surface area contributed by atoms with Gasteiger partial charge in [-0.1, -0.05) is 6.07 Å². The summed E-state index contributed by atoms with van der Waals surface area (Å²) in [5, 5.41) is 0. The van der Waals surface area contributed by atoms with Crippen molar-refractivity contribution in [1.29, 1.82) is 0 Å². The summed E-state index contributed by atoms with van der Waals surface area (Å²) in [4.78, 5) is 5.58. The highest BCUT2D eigenvalue weighted by Crippen LogP contribution is 2.07. The molecular formula is C8H11FN2. The first-order valence-corrected chi connectivity index (χ1v) is 3.57. The van der Waals surface area contributed by atoms with Crippen LogP contribution in [0.1, 0.15) is 6.92 Å². The minimum atomic E-state index is -0.428. The van der Waals surface area contributed by atoms with Crippen molar-refractivity contribution in [3.05, 3.63) is 24.1 Å². The number of halogens is 1. The lowest BCUT2D eigenvalue weighted by molar-refractivity contribution is 0.582. The zero-order chi connectivity index (χ0) is 8.27. The van der Waals surface area contributed by atoms with Crippen LogP contribution < -0.4 is 4.90 Å². The minimum Gasteiger partial charge on any atom is -0.360 e. The van der Waals surface area contributed by atoms with E-state index in [1.807, 2.05) is 18.9 Å². The van der Waals surface area contributed by atoms with E-state index in [9.17, 15) is 4.39 Å². The van der Waals surface area contributed by atoms with Gasteiger partial charge in [-0.3, -0.25) is 0 Å². The van der Waals surface area contributed by atoms with E-state index in [0.29, 0.717) is 5.82 Å². The van der Waals surface area contributed by atoms with Gasteiger partial charge in [0.2, 0.25) is 5.95 Å². The molecule has 0 saturated heterocycles. The van der Waals surface area contributed by atoms with Gasteiger partial charge in [-0.15, -0.1) is 0 Å². The van der Waals surface area contributed by atoms with E-state index in [4.69, 9.17) is 0 Å². The van der Waals surface area contributed by atoms with E-state index < -0.39 is 5.95 Å². The Morgan fingerprint density at radius 3 is 2.82 bits per heavy atom. The Balaban J connectivity index is 2.86. The number of rotatable bonds is 2. The van der Waals surface area contributed by atoms with Crippen molar-refractivity contribution < 1.29 is 4.39 Å². The average Bonchev–Trinajstić information content (AvgIpc) is 2.03. The summed E-state index contributed by atoms with van der Waals surface area (Å²) in [6, 6.07) is 4.78. The van der Waals surface area contributed by atoms with E-state index in [1.165, 1.54) is 6.07 Å². The molecule has 11 heavy (non-hydrogen) atoms. The largest absolute Gasteiger partial charge is 0.360 e. The molecule has 60 valence electrons. The zero-order valence-corrected chi connectivity index (χ0v) is 6.71. The molecular weight excluding hydrogens is 143 g/mol. The fraction of sp³-hybridized carbons (Fsp3) is 0.375. The normalized spacial score (nSPS) is 9.73. The molecule has 1 rings (SSSR count). The molecule has 0 spiro atoms. The smallest absolute Gasteiger partial charge is 0.214 e. The first-order valence-electron chi connectivity index (χ1n) is 3.57. The standard InChI is InChI=1S/C8H11FN2/c1-3-11(2)8-6-4-5-7(9)10-8/h4-6H,3H2,1-2H3. The summed E-state index contributed by atoms with van der Waals surface area (Å²) in [6.45, 7) is 2.82. The second-order valence-corrected chi connectivity index (χ2v) is 2.33. The SMILES string of the molecule is CCN(C)c1cccc(F)n1. The van der Waals surface area contributed by atoms with E-state index in [0.717, 1.165) is 6.54 Å². The molecule has 1 heterocycles. The fourth-order valence-electron chi connectivity index (χ4n) is 0.772. The lowest BCUT2D eigenvalue weighted by Crippen LogP contribution is -2.17. The third-order valence-electron chi connectivity index (χ3n) is 1.57. The number of aromatic nitrogens is 1. The van der Waals surface area contributed by atoms with Gasteiger partial charge in [0, 0.05) is 13.6 Å². The molecule has 0 aromatic carbocycles. The van der Waals surface area contributed by atoms with E-state index in [-0.39, 0.29) is 0 Å². The maximum atomic E-state index is 12.5. The second kappa shape index (κ2) is 3.32. The molecule has 1 aromatic heterocycles. The Morgan fingerprint density at radius 1 is 1.55 bits per heavy atom. The fourth-order valence-corrected chi connectivity index (χ4v) is 0.772. The summed E-state index contributed by atoms with van der Waals surface area (Å²) in [5.41, 5.74) is 0. The van der Waals surface area contributed by atoms with Crippen LogP contribution in [0.5, 0.6) is 0 Å². The predicted molar refractivity (Wildman–Crippen MR) is 43.1 cm³/mol. The van der Waals surface area contributed by atoms with Crippen molar-refractivity contribution >= 4 is 5.82 Å². The monoisotopic (exact) mass is 154 g/mol. The topological polar surface area (TPSA) is 16.1 Å². The molecule has 0 amide bonds. The van der Waals surface area contributed by atoms with Gasteiger partial charge >= 0.3 is 0 Å². The Kier molecular flexibility index (Phi) is 2.41. The quantitative estimate of drug-likeness (QED) is 0.602. The second-order valence-electron chi connectivity index (χ2n) is 2.33. The maximum Gasteiger partial charge on any atom is 0.214 e. The molecule has 0 aliphatic heterocycles. The van der Waals surface area contributed by atoms with Crippen molar-refractivity contribution in [2.45, 2.75) is 6.92 Å². The molecule has 0 N–H and O–H groups in total. The third kappa shape index (κ3) is 1.90. The van der Waals surface area contributed by atoms with Crippen molar-refractivity contribution in [1.82, 2.24) is 4.98 Å². The molecule has 0 aliphatic carbocycles. The van der Waals surface area contributed by atoms with Crippen molar-refractivity contribution in [3.63, 3.8) is 0 Å².